The molecule has 2 aromatic rings. The molecule has 0 unspecified atom stereocenters. The Kier molecular flexibility index (Phi) is 5.09. The molecule has 3 N–H and O–H groups in total. The van der Waals surface area contributed by atoms with Crippen LogP contribution in [-0.4, -0.2) is 56.1 Å². The minimum Gasteiger partial charge on any atom is -0.392 e. The van der Waals surface area contributed by atoms with Crippen molar-refractivity contribution in [3.63, 3.8) is 0 Å². The predicted octanol–water partition coefficient (Wildman–Crippen LogP) is 1.93. The molecular weight excluding hydrogens is 366 g/mol. The molecule has 3 heterocycles. The van der Waals surface area contributed by atoms with E-state index in [2.05, 4.69) is 20.3 Å². The molecule has 154 valence electrons. The van der Waals surface area contributed by atoms with E-state index in [9.17, 15) is 9.90 Å². The van der Waals surface area contributed by atoms with Crippen molar-refractivity contribution >= 4 is 5.91 Å². The van der Waals surface area contributed by atoms with Crippen LogP contribution in [-0.2, 0) is 11.3 Å². The summed E-state index contributed by atoms with van der Waals surface area (Å²) in [6.07, 6.45) is 9.89. The maximum atomic E-state index is 13.1. The molecule has 0 spiro atoms. The fourth-order valence-electron chi connectivity index (χ4n) is 4.91. The lowest BCUT2D eigenvalue weighted by Crippen LogP contribution is -2.38. The van der Waals surface area contributed by atoms with Crippen molar-refractivity contribution in [3.8, 4) is 0 Å². The average Bonchev–Trinajstić information content (AvgIpc) is 3.14. The van der Waals surface area contributed by atoms with Crippen LogP contribution in [0.5, 0.6) is 0 Å². The van der Waals surface area contributed by atoms with Crippen molar-refractivity contribution in [1.29, 1.82) is 0 Å². The molecule has 1 amide bonds. The zero-order valence-electron chi connectivity index (χ0n) is 16.6. The third kappa shape index (κ3) is 3.81. The summed E-state index contributed by atoms with van der Waals surface area (Å²) in [6.45, 7) is 2.29. The Morgan fingerprint density at radius 1 is 1.28 bits per heavy atom. The summed E-state index contributed by atoms with van der Waals surface area (Å²) < 4.78 is 0. The Morgan fingerprint density at radius 3 is 2.83 bits per heavy atom. The van der Waals surface area contributed by atoms with Gasteiger partial charge in [0.15, 0.2) is 0 Å². The summed E-state index contributed by atoms with van der Waals surface area (Å²) >= 11 is 0. The second-order valence-electron chi connectivity index (χ2n) is 8.74. The van der Waals surface area contributed by atoms with E-state index in [1.54, 1.807) is 6.20 Å². The van der Waals surface area contributed by atoms with Crippen molar-refractivity contribution in [1.82, 2.24) is 25.2 Å². The van der Waals surface area contributed by atoms with Gasteiger partial charge in [-0.1, -0.05) is 6.07 Å². The Bertz CT molecular complexity index is 844. The van der Waals surface area contributed by atoms with Crippen LogP contribution in [0.3, 0.4) is 0 Å². The summed E-state index contributed by atoms with van der Waals surface area (Å²) in [5.41, 5.74) is 2.04. The zero-order valence-corrected chi connectivity index (χ0v) is 16.6. The van der Waals surface area contributed by atoms with Crippen LogP contribution < -0.4 is 5.32 Å². The van der Waals surface area contributed by atoms with Crippen LogP contribution in [0, 0.1) is 5.92 Å². The van der Waals surface area contributed by atoms with Gasteiger partial charge >= 0.3 is 0 Å². The highest BCUT2D eigenvalue weighted by Gasteiger charge is 2.48. The van der Waals surface area contributed by atoms with Gasteiger partial charge in [-0.05, 0) is 43.7 Å². The fraction of sp³-hybridized carbons (Fsp3) is 0.591. The van der Waals surface area contributed by atoms with Gasteiger partial charge in [-0.15, -0.1) is 0 Å². The van der Waals surface area contributed by atoms with E-state index in [-0.39, 0.29) is 23.8 Å². The molecule has 7 nitrogen and oxygen atoms in total. The van der Waals surface area contributed by atoms with Crippen LogP contribution in [0.1, 0.15) is 61.0 Å². The highest BCUT2D eigenvalue weighted by atomic mass is 16.3. The van der Waals surface area contributed by atoms with E-state index in [1.165, 1.54) is 12.8 Å². The van der Waals surface area contributed by atoms with Gasteiger partial charge in [0.1, 0.15) is 5.82 Å². The fourth-order valence-corrected chi connectivity index (χ4v) is 4.91. The van der Waals surface area contributed by atoms with Crippen LogP contribution in [0.4, 0.5) is 0 Å². The maximum absolute atomic E-state index is 13.1. The number of nitrogens with one attached hydrogen (secondary N) is 2. The van der Waals surface area contributed by atoms with Crippen molar-refractivity contribution in [3.05, 3.63) is 47.8 Å². The predicted molar refractivity (Wildman–Crippen MR) is 108 cm³/mol. The number of aromatic nitrogens is 3. The summed E-state index contributed by atoms with van der Waals surface area (Å²) in [7, 11) is 0. The van der Waals surface area contributed by atoms with Gasteiger partial charge in [0.2, 0.25) is 5.91 Å². The van der Waals surface area contributed by atoms with Gasteiger partial charge < -0.3 is 20.3 Å². The number of aliphatic hydroxyl groups is 1. The van der Waals surface area contributed by atoms with Crippen LogP contribution in [0.25, 0.3) is 0 Å². The summed E-state index contributed by atoms with van der Waals surface area (Å²) in [4.78, 5) is 27.2. The highest BCUT2D eigenvalue weighted by Crippen LogP contribution is 2.42. The lowest BCUT2D eigenvalue weighted by Gasteiger charge is -2.24. The molecule has 2 aliphatic carbocycles. The van der Waals surface area contributed by atoms with Crippen molar-refractivity contribution in [2.75, 3.05) is 13.1 Å². The Hall–Kier alpha value is -2.25. The van der Waals surface area contributed by atoms with Crippen LogP contribution in [0.15, 0.2) is 30.7 Å². The molecule has 0 radical (unpaired) electrons. The quantitative estimate of drug-likeness (QED) is 0.695. The Morgan fingerprint density at radius 2 is 2.10 bits per heavy atom. The van der Waals surface area contributed by atoms with Crippen molar-refractivity contribution in [2.24, 2.45) is 5.92 Å². The van der Waals surface area contributed by atoms with Gasteiger partial charge in [-0.25, -0.2) is 4.98 Å². The number of amides is 1. The number of imidazole rings is 1. The number of rotatable bonds is 6. The van der Waals surface area contributed by atoms with E-state index >= 15 is 0 Å². The van der Waals surface area contributed by atoms with E-state index < -0.39 is 6.10 Å². The Balaban J connectivity index is 1.36. The van der Waals surface area contributed by atoms with E-state index in [1.807, 2.05) is 29.4 Å². The third-order valence-electron chi connectivity index (χ3n) is 6.69. The highest BCUT2D eigenvalue weighted by molar-refractivity contribution is 5.80. The van der Waals surface area contributed by atoms with Crippen LogP contribution >= 0.6 is 0 Å². The van der Waals surface area contributed by atoms with Gasteiger partial charge in [-0.3, -0.25) is 9.78 Å². The number of likely N-dealkylation sites (tertiary alicyclic amines) is 1. The van der Waals surface area contributed by atoms with E-state index in [0.29, 0.717) is 18.9 Å². The SMILES string of the molecule is O=C([C@H]1C[C@@H](NCc2cccnc2)[C@H](c2cnc(C3CC3)[nH]2)[C@@H]1O)N1CCCC1. The van der Waals surface area contributed by atoms with Gasteiger partial charge in [0, 0.05) is 61.8 Å². The molecule has 7 heteroatoms. The second-order valence-corrected chi connectivity index (χ2v) is 8.74. The minimum absolute atomic E-state index is 0.00858. The van der Waals surface area contributed by atoms with Gasteiger partial charge in [-0.2, -0.15) is 0 Å². The molecule has 29 heavy (non-hydrogen) atoms. The number of nitrogens with zero attached hydrogens (tertiary/aromatic N) is 3. The minimum atomic E-state index is -0.706. The topological polar surface area (TPSA) is 94.1 Å². The Labute approximate surface area is 170 Å². The number of aliphatic hydroxyl groups excluding tert-OH is 1. The number of carbonyl (C=O) groups excluding carboxylic acids is 1. The van der Waals surface area contributed by atoms with Crippen LogP contribution in [0.2, 0.25) is 0 Å². The molecule has 4 atom stereocenters. The van der Waals surface area contributed by atoms with Gasteiger partial charge in [0.05, 0.1) is 12.0 Å². The first-order chi connectivity index (χ1) is 14.2. The molecule has 1 aliphatic heterocycles. The third-order valence-corrected chi connectivity index (χ3v) is 6.69. The maximum Gasteiger partial charge on any atom is 0.228 e. The summed E-state index contributed by atoms with van der Waals surface area (Å²) in [6, 6.07) is 3.97. The lowest BCUT2D eigenvalue weighted by atomic mass is 9.95. The number of hydrogen-bond acceptors (Lipinski definition) is 5. The standard InChI is InChI=1S/C22H29N5O2/c28-20-16(22(29)27-8-1-2-9-27)10-17(24-12-14-4-3-7-23-11-14)19(20)18-13-25-21(26-18)15-5-6-15/h3-4,7,11,13,15-17,19-20,24,28H,1-2,5-6,8-10,12H2,(H,25,26)/t16-,17+,19+,20+/m0/s1. The summed E-state index contributed by atoms with van der Waals surface area (Å²) in [5, 5.41) is 14.8. The normalized spacial score (nSPS) is 29.5. The largest absolute Gasteiger partial charge is 0.392 e. The number of hydrogen-bond donors (Lipinski definition) is 3. The zero-order chi connectivity index (χ0) is 19.8. The van der Waals surface area contributed by atoms with E-state index in [4.69, 9.17) is 0 Å². The number of carbonyl (C=O) groups is 1. The monoisotopic (exact) mass is 395 g/mol. The lowest BCUT2D eigenvalue weighted by molar-refractivity contribution is -0.137. The molecule has 3 aliphatic rings. The number of H-pyrrole nitrogens is 1. The summed E-state index contributed by atoms with van der Waals surface area (Å²) in [5.74, 6) is 1.13. The van der Waals surface area contributed by atoms with Crippen molar-refractivity contribution < 1.29 is 9.90 Å². The molecule has 1 saturated heterocycles. The first-order valence-corrected chi connectivity index (χ1v) is 10.8. The van der Waals surface area contributed by atoms with E-state index in [0.717, 1.165) is 43.0 Å². The van der Waals surface area contributed by atoms with Crippen molar-refractivity contribution in [2.45, 2.75) is 62.6 Å². The average molecular weight is 396 g/mol. The first kappa shape index (κ1) is 18.8. The molecule has 5 rings (SSSR count). The molecule has 0 bridgehead atoms. The molecule has 0 aromatic carbocycles. The smallest absolute Gasteiger partial charge is 0.228 e. The second kappa shape index (κ2) is 7.88. The number of pyridine rings is 1. The molecule has 2 aromatic heterocycles. The molecular formula is C22H29N5O2. The first-order valence-electron chi connectivity index (χ1n) is 10.8. The molecule has 2 saturated carbocycles. The number of aromatic amines is 1. The molecule has 3 fully saturated rings. The van der Waals surface area contributed by atoms with Gasteiger partial charge in [0.25, 0.3) is 0 Å².